The highest BCUT2D eigenvalue weighted by molar-refractivity contribution is 5.88. The molecule has 0 saturated carbocycles. The molecule has 0 amide bonds. The lowest BCUT2D eigenvalue weighted by Gasteiger charge is -2.16. The molecule has 7 heteroatoms. The van der Waals surface area contributed by atoms with Crippen LogP contribution in [0.25, 0.3) is 0 Å². The number of nitrogens with zero attached hydrogens (tertiary/aromatic N) is 2. The predicted molar refractivity (Wildman–Crippen MR) is 122 cm³/mol. The van der Waals surface area contributed by atoms with Crippen LogP contribution in [-0.2, 0) is 47.9 Å². The van der Waals surface area contributed by atoms with Crippen molar-refractivity contribution >= 4 is 11.6 Å². The second kappa shape index (κ2) is 9.49. The molecule has 0 fully saturated rings. The molecule has 1 heterocycles. The molecule has 0 N–H and O–H groups in total. The molecule has 1 aliphatic carbocycles. The minimum absolute atomic E-state index is 0.00352. The van der Waals surface area contributed by atoms with E-state index in [1.807, 2.05) is 42.5 Å². The molecule has 4 rings (SSSR count). The maximum atomic E-state index is 13.7. The summed E-state index contributed by atoms with van der Waals surface area (Å²) < 4.78 is 41.0. The van der Waals surface area contributed by atoms with E-state index in [-0.39, 0.29) is 36.0 Å². The van der Waals surface area contributed by atoms with Crippen molar-refractivity contribution in [3.8, 4) is 0 Å². The van der Waals surface area contributed by atoms with E-state index in [2.05, 4.69) is 9.97 Å². The van der Waals surface area contributed by atoms with Crippen LogP contribution in [0.1, 0.15) is 64.7 Å². The Balaban J connectivity index is 1.60. The zero-order valence-corrected chi connectivity index (χ0v) is 19.1. The minimum Gasteiger partial charge on any atom is -0.299 e. The molecule has 1 atom stereocenters. The van der Waals surface area contributed by atoms with Crippen molar-refractivity contribution in [1.29, 1.82) is 0 Å². The summed E-state index contributed by atoms with van der Waals surface area (Å²) in [7, 11) is 0. The van der Waals surface area contributed by atoms with E-state index in [1.54, 1.807) is 6.92 Å². The van der Waals surface area contributed by atoms with Crippen LogP contribution < -0.4 is 0 Å². The number of aryl methyl sites for hydroxylation is 2. The van der Waals surface area contributed by atoms with Gasteiger partial charge in [-0.1, -0.05) is 49.4 Å². The fourth-order valence-corrected chi connectivity index (χ4v) is 4.42. The molecule has 0 spiro atoms. The van der Waals surface area contributed by atoms with Crippen LogP contribution in [-0.4, -0.2) is 21.5 Å². The maximum absolute atomic E-state index is 13.7. The van der Waals surface area contributed by atoms with Gasteiger partial charge >= 0.3 is 6.18 Å². The van der Waals surface area contributed by atoms with Gasteiger partial charge in [0.2, 0.25) is 0 Å². The molecule has 1 aliphatic rings. The number of Topliss-reactive ketones (excluding diaryl/α,β-unsaturated/α-hetero) is 2. The minimum atomic E-state index is -4.56. The molecule has 2 aromatic carbocycles. The molecule has 0 saturated heterocycles. The fourth-order valence-electron chi connectivity index (χ4n) is 4.42. The summed E-state index contributed by atoms with van der Waals surface area (Å²) in [6.45, 7) is 3.31. The first-order valence-corrected chi connectivity index (χ1v) is 11.2. The molecule has 3 aromatic rings. The third-order valence-corrected chi connectivity index (χ3v) is 6.39. The SMILES string of the molecule is CC(=O)C(C)c1ccccc1CCc1nc(Cc2ccc3c(c2)CC(=O)C3)ncc1C(F)(F)F. The molecule has 0 aliphatic heterocycles. The Bertz CT molecular complexity index is 1250. The number of hydrogen-bond donors (Lipinski definition) is 0. The Hall–Kier alpha value is -3.35. The van der Waals surface area contributed by atoms with Crippen molar-refractivity contribution in [1.82, 2.24) is 9.97 Å². The lowest BCUT2D eigenvalue weighted by molar-refractivity contribution is -0.138. The van der Waals surface area contributed by atoms with Gasteiger partial charge in [-0.3, -0.25) is 9.59 Å². The van der Waals surface area contributed by atoms with Gasteiger partial charge in [0, 0.05) is 31.4 Å². The van der Waals surface area contributed by atoms with Crippen LogP contribution in [0.5, 0.6) is 0 Å². The Labute approximate surface area is 196 Å². The average Bonchev–Trinajstić information content (AvgIpc) is 3.16. The topological polar surface area (TPSA) is 59.9 Å². The van der Waals surface area contributed by atoms with Gasteiger partial charge in [-0.05, 0) is 47.6 Å². The Morgan fingerprint density at radius 2 is 1.79 bits per heavy atom. The van der Waals surface area contributed by atoms with Crippen molar-refractivity contribution in [2.24, 2.45) is 0 Å². The van der Waals surface area contributed by atoms with Crippen LogP contribution in [0.2, 0.25) is 0 Å². The summed E-state index contributed by atoms with van der Waals surface area (Å²) in [6, 6.07) is 13.0. The van der Waals surface area contributed by atoms with Gasteiger partial charge in [-0.15, -0.1) is 0 Å². The quantitative estimate of drug-likeness (QED) is 0.478. The van der Waals surface area contributed by atoms with E-state index >= 15 is 0 Å². The van der Waals surface area contributed by atoms with Gasteiger partial charge in [0.15, 0.2) is 0 Å². The number of carbonyl (C=O) groups excluding carboxylic acids is 2. The van der Waals surface area contributed by atoms with Crippen molar-refractivity contribution < 1.29 is 22.8 Å². The summed E-state index contributed by atoms with van der Waals surface area (Å²) in [4.78, 5) is 31.9. The zero-order chi connectivity index (χ0) is 24.5. The molecule has 1 unspecified atom stereocenters. The summed E-state index contributed by atoms with van der Waals surface area (Å²) in [6.07, 6.45) is -2.20. The van der Waals surface area contributed by atoms with Crippen LogP contribution >= 0.6 is 0 Å². The third-order valence-electron chi connectivity index (χ3n) is 6.39. The molecule has 4 nitrogen and oxygen atoms in total. The second-order valence-electron chi connectivity index (χ2n) is 8.85. The normalized spacial score (nSPS) is 14.2. The van der Waals surface area contributed by atoms with Crippen LogP contribution in [0.3, 0.4) is 0 Å². The first-order chi connectivity index (χ1) is 16.1. The van der Waals surface area contributed by atoms with Gasteiger partial charge in [-0.2, -0.15) is 13.2 Å². The smallest absolute Gasteiger partial charge is 0.299 e. The van der Waals surface area contributed by atoms with Crippen LogP contribution in [0, 0.1) is 0 Å². The number of ketones is 2. The number of hydrogen-bond acceptors (Lipinski definition) is 4. The lowest BCUT2D eigenvalue weighted by atomic mass is 9.90. The van der Waals surface area contributed by atoms with Crippen molar-refractivity contribution in [3.05, 3.63) is 93.6 Å². The number of carbonyl (C=O) groups is 2. The molecule has 0 radical (unpaired) electrons. The summed E-state index contributed by atoms with van der Waals surface area (Å²) in [5.74, 6) is 0.145. The average molecular weight is 467 g/mol. The molecule has 34 heavy (non-hydrogen) atoms. The number of fused-ring (bicyclic) bond motifs is 1. The molecule has 0 bridgehead atoms. The summed E-state index contributed by atoms with van der Waals surface area (Å²) in [5, 5.41) is 0. The van der Waals surface area contributed by atoms with Gasteiger partial charge in [0.05, 0.1) is 11.3 Å². The van der Waals surface area contributed by atoms with Crippen molar-refractivity contribution in [2.75, 3.05) is 0 Å². The van der Waals surface area contributed by atoms with Gasteiger partial charge in [-0.25, -0.2) is 9.97 Å². The zero-order valence-electron chi connectivity index (χ0n) is 19.1. The second-order valence-corrected chi connectivity index (χ2v) is 8.85. The number of rotatable bonds is 7. The number of benzene rings is 2. The van der Waals surface area contributed by atoms with E-state index in [9.17, 15) is 22.8 Å². The highest BCUT2D eigenvalue weighted by Gasteiger charge is 2.35. The Morgan fingerprint density at radius 1 is 1.06 bits per heavy atom. The Kier molecular flexibility index (Phi) is 6.64. The van der Waals surface area contributed by atoms with Gasteiger partial charge in [0.1, 0.15) is 17.4 Å². The lowest BCUT2D eigenvalue weighted by Crippen LogP contribution is -2.15. The first-order valence-electron chi connectivity index (χ1n) is 11.2. The van der Waals surface area contributed by atoms with E-state index in [1.165, 1.54) is 6.92 Å². The number of halogens is 3. The summed E-state index contributed by atoms with van der Waals surface area (Å²) in [5.41, 5.74) is 3.59. The van der Waals surface area contributed by atoms with Crippen molar-refractivity contribution in [2.45, 2.75) is 58.0 Å². The largest absolute Gasteiger partial charge is 0.419 e. The maximum Gasteiger partial charge on any atom is 0.419 e. The highest BCUT2D eigenvalue weighted by atomic mass is 19.4. The monoisotopic (exact) mass is 466 g/mol. The third kappa shape index (κ3) is 5.24. The Morgan fingerprint density at radius 3 is 2.53 bits per heavy atom. The fraction of sp³-hybridized carbons (Fsp3) is 0.333. The van der Waals surface area contributed by atoms with E-state index in [4.69, 9.17) is 0 Å². The predicted octanol–water partition coefficient (Wildman–Crippen LogP) is 5.23. The number of aromatic nitrogens is 2. The van der Waals surface area contributed by atoms with Crippen LogP contribution in [0.4, 0.5) is 13.2 Å². The van der Waals surface area contributed by atoms with Gasteiger partial charge < -0.3 is 0 Å². The van der Waals surface area contributed by atoms with Crippen LogP contribution in [0.15, 0.2) is 48.7 Å². The standard InChI is InChI=1S/C27H25F3N2O2/c1-16(17(2)33)23-6-4-3-5-19(23)9-10-25-24(27(28,29)30)15-31-26(32-25)12-18-7-8-20-13-22(34)14-21(20)11-18/h3-8,11,15-16H,9-10,12-14H2,1-2H3. The molecule has 176 valence electrons. The summed E-state index contributed by atoms with van der Waals surface area (Å²) >= 11 is 0. The van der Waals surface area contributed by atoms with E-state index < -0.39 is 11.7 Å². The number of alkyl halides is 3. The van der Waals surface area contributed by atoms with E-state index in [0.717, 1.165) is 34.0 Å². The molecule has 1 aromatic heterocycles. The van der Waals surface area contributed by atoms with E-state index in [0.29, 0.717) is 25.1 Å². The molecular formula is C27H25F3N2O2. The molecular weight excluding hydrogens is 441 g/mol. The first kappa shape index (κ1) is 23.8. The van der Waals surface area contributed by atoms with Gasteiger partial charge in [0.25, 0.3) is 0 Å². The van der Waals surface area contributed by atoms with Crippen molar-refractivity contribution in [3.63, 3.8) is 0 Å². The highest BCUT2D eigenvalue weighted by Crippen LogP contribution is 2.32.